The van der Waals surface area contributed by atoms with E-state index in [9.17, 15) is 9.59 Å². The molecule has 3 rings (SSSR count). The Morgan fingerprint density at radius 3 is 3.00 bits per heavy atom. The molecule has 1 saturated heterocycles. The first-order valence-corrected chi connectivity index (χ1v) is 5.92. The van der Waals surface area contributed by atoms with E-state index in [1.807, 2.05) is 0 Å². The smallest absolute Gasteiger partial charge is 0.414 e. The topological polar surface area (TPSA) is 93.9 Å². The fourth-order valence-corrected chi connectivity index (χ4v) is 2.09. The number of carbonyl (C=O) groups excluding carboxylic acids is 2. The SMILES string of the molecule is NCC1CN(c2ccc3c(c2)NC(=O)CO3)C(=O)O1. The van der Waals surface area contributed by atoms with Gasteiger partial charge in [0.2, 0.25) is 0 Å². The second-order valence-electron chi connectivity index (χ2n) is 4.37. The Morgan fingerprint density at radius 2 is 2.26 bits per heavy atom. The lowest BCUT2D eigenvalue weighted by molar-refractivity contribution is -0.118. The number of amides is 2. The van der Waals surface area contributed by atoms with Crippen molar-refractivity contribution in [3.05, 3.63) is 18.2 Å². The van der Waals surface area contributed by atoms with Crippen LogP contribution in [0.2, 0.25) is 0 Å². The molecule has 0 radical (unpaired) electrons. The van der Waals surface area contributed by atoms with Gasteiger partial charge in [0.15, 0.2) is 6.61 Å². The predicted octanol–water partition coefficient (Wildman–Crippen LogP) is 0.301. The summed E-state index contributed by atoms with van der Waals surface area (Å²) in [5, 5.41) is 2.70. The van der Waals surface area contributed by atoms with Gasteiger partial charge < -0.3 is 20.5 Å². The average molecular weight is 263 g/mol. The minimum Gasteiger partial charge on any atom is -0.482 e. The second kappa shape index (κ2) is 4.43. The molecule has 2 heterocycles. The predicted molar refractivity (Wildman–Crippen MR) is 67.2 cm³/mol. The zero-order valence-electron chi connectivity index (χ0n) is 10.1. The highest BCUT2D eigenvalue weighted by Gasteiger charge is 2.32. The Kier molecular flexibility index (Phi) is 2.75. The number of cyclic esters (lactones) is 1. The third kappa shape index (κ3) is 2.08. The molecule has 1 aromatic rings. The number of anilines is 2. The molecular formula is C12H13N3O4. The minimum absolute atomic E-state index is 0.00729. The van der Waals surface area contributed by atoms with Crippen LogP contribution in [-0.4, -0.2) is 37.8 Å². The van der Waals surface area contributed by atoms with Gasteiger partial charge in [0.1, 0.15) is 11.9 Å². The number of rotatable bonds is 2. The van der Waals surface area contributed by atoms with Crippen molar-refractivity contribution >= 4 is 23.4 Å². The molecule has 19 heavy (non-hydrogen) atoms. The van der Waals surface area contributed by atoms with Gasteiger partial charge in [-0.05, 0) is 18.2 Å². The number of nitrogens with one attached hydrogen (secondary N) is 1. The number of hydrogen-bond donors (Lipinski definition) is 2. The van der Waals surface area contributed by atoms with Crippen molar-refractivity contribution < 1.29 is 19.1 Å². The molecule has 2 aliphatic heterocycles. The summed E-state index contributed by atoms with van der Waals surface area (Å²) in [6.07, 6.45) is -0.729. The lowest BCUT2D eigenvalue weighted by Crippen LogP contribution is -2.28. The van der Waals surface area contributed by atoms with Gasteiger partial charge in [0.05, 0.1) is 12.2 Å². The summed E-state index contributed by atoms with van der Waals surface area (Å²) in [5.74, 6) is 0.375. The Bertz CT molecular complexity index is 546. The molecule has 7 nitrogen and oxygen atoms in total. The molecule has 1 aromatic carbocycles. The van der Waals surface area contributed by atoms with Crippen LogP contribution in [-0.2, 0) is 9.53 Å². The zero-order valence-corrected chi connectivity index (χ0v) is 10.1. The quantitative estimate of drug-likeness (QED) is 0.800. The van der Waals surface area contributed by atoms with Crippen molar-refractivity contribution in [1.82, 2.24) is 0 Å². The minimum atomic E-state index is -0.432. The molecule has 2 amide bonds. The Labute approximate surface area is 109 Å². The molecule has 0 aromatic heterocycles. The van der Waals surface area contributed by atoms with Gasteiger partial charge in [-0.2, -0.15) is 0 Å². The number of hydrogen-bond acceptors (Lipinski definition) is 5. The Morgan fingerprint density at radius 1 is 1.42 bits per heavy atom. The van der Waals surface area contributed by atoms with Crippen LogP contribution in [0.1, 0.15) is 0 Å². The van der Waals surface area contributed by atoms with Crippen molar-refractivity contribution in [2.45, 2.75) is 6.10 Å². The number of carbonyl (C=O) groups is 2. The third-order valence-electron chi connectivity index (χ3n) is 3.04. The van der Waals surface area contributed by atoms with E-state index in [0.29, 0.717) is 23.7 Å². The fraction of sp³-hybridized carbons (Fsp3) is 0.333. The summed E-state index contributed by atoms with van der Waals surface area (Å²) >= 11 is 0. The molecule has 0 spiro atoms. The van der Waals surface area contributed by atoms with Crippen molar-refractivity contribution in [2.24, 2.45) is 5.73 Å². The van der Waals surface area contributed by atoms with Crippen molar-refractivity contribution in [3.8, 4) is 5.75 Å². The molecule has 0 saturated carbocycles. The highest BCUT2D eigenvalue weighted by Crippen LogP contribution is 2.33. The van der Waals surface area contributed by atoms with Gasteiger partial charge in [-0.25, -0.2) is 4.79 Å². The van der Waals surface area contributed by atoms with Crippen LogP contribution in [0.15, 0.2) is 18.2 Å². The van der Waals surface area contributed by atoms with Crippen LogP contribution in [0.5, 0.6) is 5.75 Å². The Hall–Kier alpha value is -2.28. The number of benzene rings is 1. The maximum absolute atomic E-state index is 11.7. The number of fused-ring (bicyclic) bond motifs is 1. The first kappa shape index (κ1) is 11.8. The van der Waals surface area contributed by atoms with Crippen molar-refractivity contribution in [2.75, 3.05) is 29.9 Å². The summed E-state index contributed by atoms with van der Waals surface area (Å²) in [7, 11) is 0. The van der Waals surface area contributed by atoms with Crippen LogP contribution in [0, 0.1) is 0 Å². The van der Waals surface area contributed by atoms with E-state index in [1.165, 1.54) is 4.90 Å². The van der Waals surface area contributed by atoms with Gasteiger partial charge >= 0.3 is 6.09 Å². The van der Waals surface area contributed by atoms with Gasteiger partial charge in [-0.3, -0.25) is 9.69 Å². The second-order valence-corrected chi connectivity index (χ2v) is 4.37. The summed E-state index contributed by atoms with van der Waals surface area (Å²) < 4.78 is 10.3. The van der Waals surface area contributed by atoms with Gasteiger partial charge in [0.25, 0.3) is 5.91 Å². The summed E-state index contributed by atoms with van der Waals surface area (Å²) in [6.45, 7) is 0.698. The van der Waals surface area contributed by atoms with E-state index in [4.69, 9.17) is 15.2 Å². The summed E-state index contributed by atoms with van der Waals surface area (Å²) in [5.41, 5.74) is 6.68. The molecule has 100 valence electrons. The summed E-state index contributed by atoms with van der Waals surface area (Å²) in [6, 6.07) is 5.15. The molecule has 7 heteroatoms. The van der Waals surface area contributed by atoms with Gasteiger partial charge in [0, 0.05) is 12.2 Å². The van der Waals surface area contributed by atoms with E-state index in [1.54, 1.807) is 18.2 Å². The Balaban J connectivity index is 1.88. The standard InChI is InChI=1S/C12H13N3O4/c13-4-8-5-15(12(17)19-8)7-1-2-10-9(3-7)14-11(16)6-18-10/h1-3,8H,4-6,13H2,(H,14,16). The third-order valence-corrected chi connectivity index (χ3v) is 3.04. The average Bonchev–Trinajstić information content (AvgIpc) is 2.79. The molecule has 1 fully saturated rings. The molecule has 3 N–H and O–H groups in total. The fourth-order valence-electron chi connectivity index (χ4n) is 2.09. The molecule has 2 aliphatic rings. The van der Waals surface area contributed by atoms with Crippen LogP contribution < -0.4 is 20.7 Å². The highest BCUT2D eigenvalue weighted by molar-refractivity contribution is 5.97. The van der Waals surface area contributed by atoms with Crippen molar-refractivity contribution in [3.63, 3.8) is 0 Å². The first-order chi connectivity index (χ1) is 9.17. The molecule has 0 bridgehead atoms. The number of nitrogens with two attached hydrogens (primary N) is 1. The van der Waals surface area contributed by atoms with Crippen molar-refractivity contribution in [1.29, 1.82) is 0 Å². The highest BCUT2D eigenvalue weighted by atomic mass is 16.6. The van der Waals surface area contributed by atoms with Gasteiger partial charge in [-0.15, -0.1) is 0 Å². The number of nitrogens with zero attached hydrogens (tertiary/aromatic N) is 1. The van der Waals surface area contributed by atoms with E-state index >= 15 is 0 Å². The normalized spacial score (nSPS) is 21.5. The van der Waals surface area contributed by atoms with Crippen LogP contribution >= 0.6 is 0 Å². The van der Waals surface area contributed by atoms with Crippen LogP contribution in [0.3, 0.4) is 0 Å². The molecule has 1 unspecified atom stereocenters. The van der Waals surface area contributed by atoms with Crippen LogP contribution in [0.4, 0.5) is 16.2 Å². The van der Waals surface area contributed by atoms with Crippen LogP contribution in [0.25, 0.3) is 0 Å². The molecule has 1 atom stereocenters. The monoisotopic (exact) mass is 263 g/mol. The van der Waals surface area contributed by atoms with E-state index in [-0.39, 0.29) is 25.2 Å². The lowest BCUT2D eigenvalue weighted by Gasteiger charge is -2.20. The van der Waals surface area contributed by atoms with E-state index in [0.717, 1.165) is 0 Å². The zero-order chi connectivity index (χ0) is 13.4. The lowest BCUT2D eigenvalue weighted by atomic mass is 10.2. The molecule has 0 aliphatic carbocycles. The summed E-state index contributed by atoms with van der Waals surface area (Å²) in [4.78, 5) is 24.5. The number of ether oxygens (including phenoxy) is 2. The maximum Gasteiger partial charge on any atom is 0.414 e. The van der Waals surface area contributed by atoms with Gasteiger partial charge in [-0.1, -0.05) is 0 Å². The van der Waals surface area contributed by atoms with E-state index < -0.39 is 6.09 Å². The first-order valence-electron chi connectivity index (χ1n) is 5.92. The molecular weight excluding hydrogens is 250 g/mol. The van der Waals surface area contributed by atoms with E-state index in [2.05, 4.69) is 5.32 Å². The maximum atomic E-state index is 11.7. The largest absolute Gasteiger partial charge is 0.482 e.